The Bertz CT molecular complexity index is 986. The van der Waals surface area contributed by atoms with Crippen LogP contribution in [-0.2, 0) is 6.61 Å². The van der Waals surface area contributed by atoms with Gasteiger partial charge in [0.2, 0.25) is 0 Å². The minimum absolute atomic E-state index is 0.0834. The van der Waals surface area contributed by atoms with Crippen molar-refractivity contribution in [3.05, 3.63) is 53.9 Å². The number of nitrogens with one attached hydrogen (secondary N) is 2. The van der Waals surface area contributed by atoms with E-state index in [2.05, 4.69) is 30.0 Å². The second kappa shape index (κ2) is 6.87. The van der Waals surface area contributed by atoms with Crippen LogP contribution in [0.15, 0.2) is 36.7 Å². The topological polar surface area (TPSA) is 109 Å². The molecular formula is C20H22N6O2. The van der Waals surface area contributed by atoms with Gasteiger partial charge in [0.15, 0.2) is 5.82 Å². The van der Waals surface area contributed by atoms with Crippen molar-refractivity contribution in [3.8, 4) is 11.4 Å². The van der Waals surface area contributed by atoms with E-state index in [9.17, 15) is 9.90 Å². The zero-order valence-electron chi connectivity index (χ0n) is 15.4. The summed E-state index contributed by atoms with van der Waals surface area (Å²) in [5.74, 6) is 2.48. The van der Waals surface area contributed by atoms with Crippen molar-refractivity contribution < 1.29 is 9.90 Å². The van der Waals surface area contributed by atoms with Crippen LogP contribution in [0.5, 0.6) is 0 Å². The molecule has 3 N–H and O–H groups in total. The smallest absolute Gasteiger partial charge is 0.252 e. The number of rotatable bonds is 6. The van der Waals surface area contributed by atoms with Gasteiger partial charge < -0.3 is 20.0 Å². The molecule has 0 aliphatic heterocycles. The number of benzene rings is 1. The number of nitrogens with zero attached hydrogens (tertiary/aromatic N) is 4. The van der Waals surface area contributed by atoms with Crippen LogP contribution < -0.4 is 5.32 Å². The molecule has 5 rings (SSSR count). The SMILES string of the molecule is O=C(NC1CC(c2nnc(CO)n2C2CC2)C1)c1ccccc1-c1ncc[nH]1. The van der Waals surface area contributed by atoms with E-state index in [1.54, 1.807) is 12.4 Å². The monoisotopic (exact) mass is 378 g/mol. The van der Waals surface area contributed by atoms with Crippen LogP contribution in [0.2, 0.25) is 0 Å². The van der Waals surface area contributed by atoms with Crippen LogP contribution >= 0.6 is 0 Å². The van der Waals surface area contributed by atoms with E-state index < -0.39 is 0 Å². The van der Waals surface area contributed by atoms with Crippen molar-refractivity contribution in [1.29, 1.82) is 0 Å². The predicted octanol–water partition coefficient (Wildman–Crippen LogP) is 2.17. The van der Waals surface area contributed by atoms with Crippen molar-refractivity contribution in [1.82, 2.24) is 30.0 Å². The van der Waals surface area contributed by atoms with E-state index in [4.69, 9.17) is 0 Å². The maximum Gasteiger partial charge on any atom is 0.252 e. The van der Waals surface area contributed by atoms with Crippen LogP contribution in [0.1, 0.15) is 59.6 Å². The summed E-state index contributed by atoms with van der Waals surface area (Å²) in [6, 6.07) is 8.02. The maximum atomic E-state index is 12.8. The molecule has 3 aromatic rings. The van der Waals surface area contributed by atoms with Crippen LogP contribution in [0.25, 0.3) is 11.4 Å². The minimum atomic E-state index is -0.0878. The molecule has 28 heavy (non-hydrogen) atoms. The Hall–Kier alpha value is -3.00. The van der Waals surface area contributed by atoms with Gasteiger partial charge in [0.25, 0.3) is 5.91 Å². The van der Waals surface area contributed by atoms with E-state index in [1.165, 1.54) is 0 Å². The number of aromatic nitrogens is 5. The lowest BCUT2D eigenvalue weighted by Gasteiger charge is -2.35. The van der Waals surface area contributed by atoms with Crippen LogP contribution in [0.3, 0.4) is 0 Å². The quantitative estimate of drug-likeness (QED) is 0.609. The molecule has 8 nitrogen and oxygen atoms in total. The lowest BCUT2D eigenvalue weighted by atomic mass is 9.79. The number of amides is 1. The molecule has 1 aromatic carbocycles. The van der Waals surface area contributed by atoms with Crippen molar-refractivity contribution in [2.24, 2.45) is 0 Å². The van der Waals surface area contributed by atoms with E-state index in [0.29, 0.717) is 23.3 Å². The molecule has 0 radical (unpaired) electrons. The normalized spacial score (nSPS) is 21.3. The van der Waals surface area contributed by atoms with Gasteiger partial charge in [0.05, 0.1) is 5.56 Å². The standard InChI is InChI=1S/C20H22N6O2/c27-11-17-24-25-19(26(17)14-5-6-14)12-9-13(10-12)23-20(28)16-4-2-1-3-15(16)18-21-7-8-22-18/h1-4,7-8,12-14,27H,5-6,9-11H2,(H,21,22)(H,23,28). The Kier molecular flexibility index (Phi) is 4.20. The van der Waals surface area contributed by atoms with E-state index in [-0.39, 0.29) is 24.5 Å². The number of aromatic amines is 1. The van der Waals surface area contributed by atoms with Crippen LogP contribution in [0, 0.1) is 0 Å². The first-order valence-corrected chi connectivity index (χ1v) is 9.68. The molecule has 2 aliphatic rings. The second-order valence-electron chi connectivity index (χ2n) is 7.56. The number of aliphatic hydroxyl groups excluding tert-OH is 1. The van der Waals surface area contributed by atoms with Gasteiger partial charge in [-0.15, -0.1) is 10.2 Å². The number of imidazole rings is 1. The Morgan fingerprint density at radius 2 is 2.07 bits per heavy atom. The highest BCUT2D eigenvalue weighted by Gasteiger charge is 2.38. The molecule has 2 saturated carbocycles. The summed E-state index contributed by atoms with van der Waals surface area (Å²) in [4.78, 5) is 20.1. The minimum Gasteiger partial charge on any atom is -0.388 e. The van der Waals surface area contributed by atoms with Gasteiger partial charge in [0, 0.05) is 36.0 Å². The number of hydrogen-bond acceptors (Lipinski definition) is 5. The lowest BCUT2D eigenvalue weighted by molar-refractivity contribution is 0.0907. The van der Waals surface area contributed by atoms with Gasteiger partial charge in [0.1, 0.15) is 18.3 Å². The van der Waals surface area contributed by atoms with E-state index >= 15 is 0 Å². The summed E-state index contributed by atoms with van der Waals surface area (Å²) < 4.78 is 2.11. The summed E-state index contributed by atoms with van der Waals surface area (Å²) >= 11 is 0. The first-order valence-electron chi connectivity index (χ1n) is 9.68. The molecule has 8 heteroatoms. The molecule has 2 aromatic heterocycles. The molecule has 0 spiro atoms. The molecule has 1 amide bonds. The van der Waals surface area contributed by atoms with Gasteiger partial charge in [-0.1, -0.05) is 18.2 Å². The molecule has 0 bridgehead atoms. The summed E-state index contributed by atoms with van der Waals surface area (Å²) in [5.41, 5.74) is 1.41. The third-order valence-electron chi connectivity index (χ3n) is 5.61. The van der Waals surface area contributed by atoms with Gasteiger partial charge in [-0.3, -0.25) is 4.79 Å². The number of carbonyl (C=O) groups excluding carboxylic acids is 1. The van der Waals surface area contributed by atoms with Crippen molar-refractivity contribution >= 4 is 5.91 Å². The molecule has 2 aliphatic carbocycles. The Morgan fingerprint density at radius 1 is 1.25 bits per heavy atom. The Morgan fingerprint density at radius 3 is 2.79 bits per heavy atom. The number of carbonyl (C=O) groups is 1. The first kappa shape index (κ1) is 17.1. The molecule has 0 saturated heterocycles. The molecule has 0 unspecified atom stereocenters. The summed E-state index contributed by atoms with van der Waals surface area (Å²) in [6.07, 6.45) is 7.34. The molecule has 144 valence electrons. The number of hydrogen-bond donors (Lipinski definition) is 3. The Balaban J connectivity index is 1.27. The molecule has 2 fully saturated rings. The Labute approximate surface area is 162 Å². The highest BCUT2D eigenvalue weighted by Crippen LogP contribution is 2.42. The zero-order valence-corrected chi connectivity index (χ0v) is 15.4. The van der Waals surface area contributed by atoms with Crippen LogP contribution in [-0.4, -0.2) is 41.8 Å². The number of aliphatic hydroxyl groups is 1. The summed E-state index contributed by atoms with van der Waals surface area (Å²) in [7, 11) is 0. The van der Waals surface area contributed by atoms with E-state index in [1.807, 2.05) is 24.3 Å². The van der Waals surface area contributed by atoms with Crippen molar-refractivity contribution in [2.75, 3.05) is 0 Å². The maximum absolute atomic E-state index is 12.8. The average molecular weight is 378 g/mol. The fourth-order valence-electron chi connectivity index (χ4n) is 3.96. The highest BCUT2D eigenvalue weighted by atomic mass is 16.3. The van der Waals surface area contributed by atoms with Gasteiger partial charge in [-0.2, -0.15) is 0 Å². The van der Waals surface area contributed by atoms with Crippen molar-refractivity contribution in [3.63, 3.8) is 0 Å². The summed E-state index contributed by atoms with van der Waals surface area (Å²) in [5, 5.41) is 21.1. The lowest BCUT2D eigenvalue weighted by Crippen LogP contribution is -2.44. The second-order valence-corrected chi connectivity index (χ2v) is 7.56. The fourth-order valence-corrected chi connectivity index (χ4v) is 3.96. The first-order chi connectivity index (χ1) is 13.7. The predicted molar refractivity (Wildman–Crippen MR) is 101 cm³/mol. The fraction of sp³-hybridized carbons (Fsp3) is 0.400. The molecule has 2 heterocycles. The van der Waals surface area contributed by atoms with Gasteiger partial charge in [-0.05, 0) is 31.7 Å². The van der Waals surface area contributed by atoms with Crippen LogP contribution in [0.4, 0.5) is 0 Å². The third kappa shape index (κ3) is 2.99. The van der Waals surface area contributed by atoms with E-state index in [0.717, 1.165) is 37.1 Å². The van der Waals surface area contributed by atoms with Gasteiger partial charge >= 0.3 is 0 Å². The number of H-pyrrole nitrogens is 1. The zero-order chi connectivity index (χ0) is 19.1. The van der Waals surface area contributed by atoms with Gasteiger partial charge in [-0.25, -0.2) is 4.98 Å². The molecular weight excluding hydrogens is 356 g/mol. The highest BCUT2D eigenvalue weighted by molar-refractivity contribution is 6.00. The average Bonchev–Trinajstić information content (AvgIpc) is 3.21. The summed E-state index contributed by atoms with van der Waals surface area (Å²) in [6.45, 7) is -0.0834. The third-order valence-corrected chi connectivity index (χ3v) is 5.61. The largest absolute Gasteiger partial charge is 0.388 e. The molecule has 0 atom stereocenters. The van der Waals surface area contributed by atoms with Crippen molar-refractivity contribution in [2.45, 2.75) is 50.3 Å².